The number of hydrogen-bond acceptors (Lipinski definition) is 4. The molecule has 0 saturated heterocycles. The highest BCUT2D eigenvalue weighted by Crippen LogP contribution is 2.15. The number of benzene rings is 2. The van der Waals surface area contributed by atoms with Crippen molar-refractivity contribution in [3.05, 3.63) is 59.1 Å². The van der Waals surface area contributed by atoms with Crippen molar-refractivity contribution < 1.29 is 13.2 Å². The first-order chi connectivity index (χ1) is 12.4. The van der Waals surface area contributed by atoms with Crippen molar-refractivity contribution in [2.45, 2.75) is 11.4 Å². The van der Waals surface area contributed by atoms with E-state index in [0.717, 1.165) is 5.56 Å². The van der Waals surface area contributed by atoms with Gasteiger partial charge in [0.15, 0.2) is 15.8 Å². The minimum Gasteiger partial charge on any atom is -0.492 e. The molecule has 0 heterocycles. The maximum absolute atomic E-state index is 11.4. The minimum atomic E-state index is -3.19. The van der Waals surface area contributed by atoms with E-state index < -0.39 is 9.84 Å². The second kappa shape index (κ2) is 9.45. The number of sulfone groups is 1. The molecule has 8 heteroatoms. The van der Waals surface area contributed by atoms with E-state index in [9.17, 15) is 8.42 Å². The van der Waals surface area contributed by atoms with Crippen LogP contribution in [-0.2, 0) is 16.4 Å². The molecule has 0 aliphatic rings. The molecule has 0 aliphatic carbocycles. The first-order valence-electron chi connectivity index (χ1n) is 8.00. The molecule has 6 nitrogen and oxygen atoms in total. The van der Waals surface area contributed by atoms with Crippen LogP contribution in [0.2, 0.25) is 5.02 Å². The predicted octanol–water partition coefficient (Wildman–Crippen LogP) is 2.49. The molecule has 0 bridgehead atoms. The van der Waals surface area contributed by atoms with Crippen LogP contribution >= 0.6 is 11.6 Å². The number of halogens is 1. The van der Waals surface area contributed by atoms with E-state index in [4.69, 9.17) is 16.3 Å². The average molecular weight is 396 g/mol. The summed E-state index contributed by atoms with van der Waals surface area (Å²) in [5.41, 5.74) is 1.10. The summed E-state index contributed by atoms with van der Waals surface area (Å²) in [7, 11) is -1.49. The summed E-state index contributed by atoms with van der Waals surface area (Å²) >= 11 is 5.87. The standard InChI is InChI=1S/C18H22ClN3O3S/c1-20-18(22-13-14-3-5-15(19)6-4-14)21-11-12-25-16-7-9-17(10-8-16)26(2,23)24/h3-10H,11-13H2,1-2H3,(H2,20,21,22). The van der Waals surface area contributed by atoms with Crippen molar-refractivity contribution in [2.75, 3.05) is 26.5 Å². The lowest BCUT2D eigenvalue weighted by Gasteiger charge is -2.13. The van der Waals surface area contributed by atoms with Crippen LogP contribution in [0.5, 0.6) is 5.75 Å². The Bertz CT molecular complexity index is 835. The fraction of sp³-hybridized carbons (Fsp3) is 0.278. The van der Waals surface area contributed by atoms with Gasteiger partial charge in [-0.25, -0.2) is 8.42 Å². The van der Waals surface area contributed by atoms with Crippen molar-refractivity contribution >= 4 is 27.4 Å². The lowest BCUT2D eigenvalue weighted by molar-refractivity contribution is 0.321. The number of nitrogens with zero attached hydrogens (tertiary/aromatic N) is 1. The Morgan fingerprint density at radius 1 is 1.08 bits per heavy atom. The van der Waals surface area contributed by atoms with E-state index in [0.29, 0.717) is 36.4 Å². The van der Waals surface area contributed by atoms with Gasteiger partial charge in [-0.1, -0.05) is 23.7 Å². The Balaban J connectivity index is 1.73. The molecule has 2 aromatic rings. The van der Waals surface area contributed by atoms with E-state index in [1.807, 2.05) is 24.3 Å². The summed E-state index contributed by atoms with van der Waals surface area (Å²) in [5.74, 6) is 1.28. The Labute approximate surface area is 159 Å². The summed E-state index contributed by atoms with van der Waals surface area (Å²) in [4.78, 5) is 4.42. The molecule has 0 radical (unpaired) electrons. The summed E-state index contributed by atoms with van der Waals surface area (Å²) in [6.07, 6.45) is 1.18. The van der Waals surface area contributed by atoms with Crippen molar-refractivity contribution in [3.8, 4) is 5.75 Å². The summed E-state index contributed by atoms with van der Waals surface area (Å²) in [5, 5.41) is 7.06. The lowest BCUT2D eigenvalue weighted by Crippen LogP contribution is -2.38. The molecule has 2 aromatic carbocycles. The topological polar surface area (TPSA) is 79.8 Å². The highest BCUT2D eigenvalue weighted by molar-refractivity contribution is 7.90. The zero-order valence-corrected chi connectivity index (χ0v) is 16.3. The molecule has 0 unspecified atom stereocenters. The summed E-state index contributed by atoms with van der Waals surface area (Å²) in [6, 6.07) is 13.9. The van der Waals surface area contributed by atoms with Gasteiger partial charge in [-0.3, -0.25) is 4.99 Å². The molecule has 0 fully saturated rings. The second-order valence-electron chi connectivity index (χ2n) is 5.57. The van der Waals surface area contributed by atoms with E-state index in [1.165, 1.54) is 18.4 Å². The van der Waals surface area contributed by atoms with Crippen molar-refractivity contribution in [2.24, 2.45) is 4.99 Å². The molecule has 140 valence electrons. The largest absolute Gasteiger partial charge is 0.492 e. The van der Waals surface area contributed by atoms with Gasteiger partial charge in [-0.2, -0.15) is 0 Å². The Morgan fingerprint density at radius 3 is 2.31 bits per heavy atom. The van der Waals surface area contributed by atoms with Crippen LogP contribution in [0.1, 0.15) is 5.56 Å². The normalized spacial score (nSPS) is 11.9. The molecule has 2 N–H and O–H groups in total. The lowest BCUT2D eigenvalue weighted by atomic mass is 10.2. The van der Waals surface area contributed by atoms with Gasteiger partial charge < -0.3 is 15.4 Å². The van der Waals surface area contributed by atoms with Crippen LogP contribution in [0.3, 0.4) is 0 Å². The van der Waals surface area contributed by atoms with E-state index in [-0.39, 0.29) is 4.90 Å². The second-order valence-corrected chi connectivity index (χ2v) is 8.02. The highest BCUT2D eigenvalue weighted by atomic mass is 35.5. The fourth-order valence-electron chi connectivity index (χ4n) is 2.13. The Morgan fingerprint density at radius 2 is 1.73 bits per heavy atom. The van der Waals surface area contributed by atoms with Crippen LogP contribution < -0.4 is 15.4 Å². The number of rotatable bonds is 7. The van der Waals surface area contributed by atoms with Crippen molar-refractivity contribution in [1.82, 2.24) is 10.6 Å². The number of aliphatic imine (C=N–C) groups is 1. The van der Waals surface area contributed by atoms with Crippen molar-refractivity contribution in [1.29, 1.82) is 0 Å². The van der Waals surface area contributed by atoms with Crippen molar-refractivity contribution in [3.63, 3.8) is 0 Å². The van der Waals surface area contributed by atoms with Gasteiger partial charge in [0.05, 0.1) is 11.4 Å². The third kappa shape index (κ3) is 6.57. The van der Waals surface area contributed by atoms with Gasteiger partial charge >= 0.3 is 0 Å². The van der Waals surface area contributed by atoms with Crippen LogP contribution in [0.15, 0.2) is 58.4 Å². The van der Waals surface area contributed by atoms with Gasteiger partial charge in [0.1, 0.15) is 12.4 Å². The minimum absolute atomic E-state index is 0.273. The van der Waals surface area contributed by atoms with Crippen LogP contribution in [-0.4, -0.2) is 40.8 Å². The van der Waals surface area contributed by atoms with Gasteiger partial charge in [-0.05, 0) is 42.0 Å². The molecule has 0 atom stereocenters. The van der Waals surface area contributed by atoms with Crippen LogP contribution in [0, 0.1) is 0 Å². The molecule has 2 rings (SSSR count). The van der Waals surface area contributed by atoms with Gasteiger partial charge in [-0.15, -0.1) is 0 Å². The Kier molecular flexibility index (Phi) is 7.29. The molecule has 0 spiro atoms. The first-order valence-corrected chi connectivity index (χ1v) is 10.3. The molecular formula is C18H22ClN3O3S. The average Bonchev–Trinajstić information content (AvgIpc) is 2.62. The molecule has 0 saturated carbocycles. The number of ether oxygens (including phenoxy) is 1. The number of hydrogen-bond donors (Lipinski definition) is 2. The monoisotopic (exact) mass is 395 g/mol. The predicted molar refractivity (Wildman–Crippen MR) is 105 cm³/mol. The van der Waals surface area contributed by atoms with E-state index in [1.54, 1.807) is 19.2 Å². The zero-order chi connectivity index (χ0) is 19.0. The first kappa shape index (κ1) is 20.1. The third-order valence-corrected chi connectivity index (χ3v) is 4.89. The maximum atomic E-state index is 11.4. The number of guanidine groups is 1. The molecule has 0 amide bonds. The van der Waals surface area contributed by atoms with Crippen LogP contribution in [0.4, 0.5) is 0 Å². The van der Waals surface area contributed by atoms with E-state index in [2.05, 4.69) is 15.6 Å². The molecular weight excluding hydrogens is 374 g/mol. The van der Waals surface area contributed by atoms with E-state index >= 15 is 0 Å². The van der Waals surface area contributed by atoms with Gasteiger partial charge in [0.2, 0.25) is 0 Å². The van der Waals surface area contributed by atoms with Gasteiger partial charge in [0.25, 0.3) is 0 Å². The Hall–Kier alpha value is -2.25. The zero-order valence-electron chi connectivity index (χ0n) is 14.7. The molecule has 0 aromatic heterocycles. The smallest absolute Gasteiger partial charge is 0.191 e. The summed E-state index contributed by atoms with van der Waals surface area (Å²) < 4.78 is 28.4. The molecule has 0 aliphatic heterocycles. The SMILES string of the molecule is CN=C(NCCOc1ccc(S(C)(=O)=O)cc1)NCc1ccc(Cl)cc1. The fourth-order valence-corrected chi connectivity index (χ4v) is 2.89. The third-order valence-electron chi connectivity index (χ3n) is 3.51. The highest BCUT2D eigenvalue weighted by Gasteiger charge is 2.06. The summed E-state index contributed by atoms with van der Waals surface area (Å²) in [6.45, 7) is 1.60. The van der Waals surface area contributed by atoms with Gasteiger partial charge in [0, 0.05) is 24.9 Å². The molecule has 26 heavy (non-hydrogen) atoms. The number of nitrogens with one attached hydrogen (secondary N) is 2. The maximum Gasteiger partial charge on any atom is 0.191 e. The quantitative estimate of drug-likeness (QED) is 0.427. The van der Waals surface area contributed by atoms with Crippen LogP contribution in [0.25, 0.3) is 0 Å².